The normalized spacial score (nSPS) is 11.6. The zero-order chi connectivity index (χ0) is 13.1. The molecule has 0 aliphatic carbocycles. The first-order valence-corrected chi connectivity index (χ1v) is 4.85. The van der Waals surface area contributed by atoms with Gasteiger partial charge in [-0.25, -0.2) is 4.98 Å². The number of alkyl halides is 3. The second-order valence-corrected chi connectivity index (χ2v) is 3.49. The summed E-state index contributed by atoms with van der Waals surface area (Å²) in [5, 5.41) is 8.75. The smallest absolute Gasteiger partial charge is 0.395 e. The number of aliphatic hydroxyl groups excluding tert-OH is 1. The fourth-order valence-electron chi connectivity index (χ4n) is 1.35. The lowest BCUT2D eigenvalue weighted by atomic mass is 10.3. The maximum Gasteiger partial charge on any atom is 0.405 e. The fourth-order valence-corrected chi connectivity index (χ4v) is 1.35. The molecule has 1 heterocycles. The molecule has 0 radical (unpaired) electrons. The number of rotatable bonds is 4. The van der Waals surface area contributed by atoms with E-state index in [2.05, 4.69) is 9.97 Å². The molecule has 96 valence electrons. The molecule has 0 unspecified atom stereocenters. The lowest BCUT2D eigenvalue weighted by Gasteiger charge is -2.24. The van der Waals surface area contributed by atoms with Crippen LogP contribution in [0.25, 0.3) is 0 Å². The monoisotopic (exact) mass is 250 g/mol. The first-order chi connectivity index (χ1) is 7.81. The van der Waals surface area contributed by atoms with E-state index in [1.165, 1.54) is 6.07 Å². The van der Waals surface area contributed by atoms with Crippen molar-refractivity contribution in [2.45, 2.75) is 13.1 Å². The highest BCUT2D eigenvalue weighted by Gasteiger charge is 2.31. The van der Waals surface area contributed by atoms with Crippen LogP contribution < -0.4 is 10.6 Å². The van der Waals surface area contributed by atoms with Crippen LogP contribution >= 0.6 is 0 Å². The molecule has 0 atom stereocenters. The molecule has 1 aromatic heterocycles. The zero-order valence-corrected chi connectivity index (χ0v) is 9.20. The van der Waals surface area contributed by atoms with E-state index >= 15 is 0 Å². The minimum absolute atomic E-state index is 0.0568. The minimum atomic E-state index is -4.37. The van der Waals surface area contributed by atoms with Crippen molar-refractivity contribution in [3.63, 3.8) is 0 Å². The first kappa shape index (κ1) is 13.5. The highest BCUT2D eigenvalue weighted by Crippen LogP contribution is 2.21. The van der Waals surface area contributed by atoms with E-state index in [4.69, 9.17) is 10.8 Å². The standard InChI is InChI=1S/C9H13F3N4O/c1-6-4-7(15-8(13)14-6)16(2-3-17)5-9(10,11)12/h4,17H,2-3,5H2,1H3,(H2,13,14,15). The third-order valence-electron chi connectivity index (χ3n) is 1.92. The van der Waals surface area contributed by atoms with Gasteiger partial charge in [0.25, 0.3) is 0 Å². The molecule has 0 aliphatic rings. The van der Waals surface area contributed by atoms with Gasteiger partial charge in [0.2, 0.25) is 5.95 Å². The van der Waals surface area contributed by atoms with E-state index in [9.17, 15) is 13.2 Å². The molecule has 5 nitrogen and oxygen atoms in total. The largest absolute Gasteiger partial charge is 0.405 e. The molecule has 1 aromatic rings. The molecule has 8 heteroatoms. The highest BCUT2D eigenvalue weighted by molar-refractivity contribution is 5.43. The van der Waals surface area contributed by atoms with Crippen LogP contribution in [0.15, 0.2) is 6.07 Å². The number of aromatic nitrogens is 2. The molecule has 3 N–H and O–H groups in total. The molecule has 0 saturated carbocycles. The molecule has 0 bridgehead atoms. The van der Waals surface area contributed by atoms with Crippen molar-refractivity contribution < 1.29 is 18.3 Å². The number of nitrogens with two attached hydrogens (primary N) is 1. The van der Waals surface area contributed by atoms with Gasteiger partial charge in [-0.05, 0) is 6.92 Å². The minimum Gasteiger partial charge on any atom is -0.395 e. The van der Waals surface area contributed by atoms with Gasteiger partial charge < -0.3 is 15.7 Å². The summed E-state index contributed by atoms with van der Waals surface area (Å²) in [4.78, 5) is 8.40. The summed E-state index contributed by atoms with van der Waals surface area (Å²) >= 11 is 0. The van der Waals surface area contributed by atoms with Crippen molar-refractivity contribution in [1.82, 2.24) is 9.97 Å². The van der Waals surface area contributed by atoms with Gasteiger partial charge in [0, 0.05) is 18.3 Å². The Kier molecular flexibility index (Phi) is 4.11. The maximum atomic E-state index is 12.3. The summed E-state index contributed by atoms with van der Waals surface area (Å²) in [6.45, 7) is -0.163. The van der Waals surface area contributed by atoms with Crippen LogP contribution in [0.2, 0.25) is 0 Å². The Morgan fingerprint density at radius 2 is 2.06 bits per heavy atom. The molecule has 0 spiro atoms. The van der Waals surface area contributed by atoms with E-state index in [0.717, 1.165) is 4.90 Å². The molecule has 0 saturated heterocycles. The molecule has 0 aromatic carbocycles. The van der Waals surface area contributed by atoms with Crippen molar-refractivity contribution in [3.05, 3.63) is 11.8 Å². The van der Waals surface area contributed by atoms with Crippen molar-refractivity contribution in [2.24, 2.45) is 0 Å². The fraction of sp³-hybridized carbons (Fsp3) is 0.556. The van der Waals surface area contributed by atoms with Crippen molar-refractivity contribution >= 4 is 11.8 Å². The lowest BCUT2D eigenvalue weighted by Crippen LogP contribution is -2.37. The number of hydrogen-bond donors (Lipinski definition) is 2. The zero-order valence-electron chi connectivity index (χ0n) is 9.20. The maximum absolute atomic E-state index is 12.3. The molecule has 17 heavy (non-hydrogen) atoms. The Hall–Kier alpha value is -1.57. The predicted molar refractivity (Wildman–Crippen MR) is 56.5 cm³/mol. The topological polar surface area (TPSA) is 75.3 Å². The summed E-state index contributed by atoms with van der Waals surface area (Å²) in [6.07, 6.45) is -4.37. The predicted octanol–water partition coefficient (Wildman–Crippen LogP) is 0.728. The number of aryl methyl sites for hydroxylation is 1. The number of anilines is 2. The van der Waals surface area contributed by atoms with Crippen molar-refractivity contribution in [1.29, 1.82) is 0 Å². The van der Waals surface area contributed by atoms with E-state index < -0.39 is 19.3 Å². The van der Waals surface area contributed by atoms with Gasteiger partial charge in [-0.1, -0.05) is 0 Å². The molecule has 0 fully saturated rings. The van der Waals surface area contributed by atoms with E-state index in [1.807, 2.05) is 0 Å². The van der Waals surface area contributed by atoms with Gasteiger partial charge in [-0.15, -0.1) is 0 Å². The lowest BCUT2D eigenvalue weighted by molar-refractivity contribution is -0.120. The van der Waals surface area contributed by atoms with E-state index in [0.29, 0.717) is 5.69 Å². The summed E-state index contributed by atoms with van der Waals surface area (Å²) < 4.78 is 37.0. The van der Waals surface area contributed by atoms with Gasteiger partial charge in [-0.2, -0.15) is 18.2 Å². The number of halogens is 3. The molecule has 0 aliphatic heterocycles. The Bertz CT molecular complexity index is 363. The number of nitrogens with zero attached hydrogens (tertiary/aromatic N) is 3. The van der Waals surface area contributed by atoms with Gasteiger partial charge >= 0.3 is 6.18 Å². The van der Waals surface area contributed by atoms with Crippen LogP contribution in [0, 0.1) is 6.92 Å². The average Bonchev–Trinajstić information content (AvgIpc) is 2.13. The quantitative estimate of drug-likeness (QED) is 0.823. The Labute approximate surface area is 96.1 Å². The Morgan fingerprint density at radius 3 is 2.53 bits per heavy atom. The van der Waals surface area contributed by atoms with Crippen molar-refractivity contribution in [3.8, 4) is 0 Å². The van der Waals surface area contributed by atoms with Gasteiger partial charge in [0.1, 0.15) is 12.4 Å². The molecular weight excluding hydrogens is 237 g/mol. The number of hydrogen-bond acceptors (Lipinski definition) is 5. The number of nitrogen functional groups attached to an aromatic ring is 1. The highest BCUT2D eigenvalue weighted by atomic mass is 19.4. The third kappa shape index (κ3) is 4.43. The number of aliphatic hydroxyl groups is 1. The summed E-state index contributed by atoms with van der Waals surface area (Å²) in [7, 11) is 0. The van der Waals surface area contributed by atoms with Crippen LogP contribution in [-0.4, -0.2) is 40.9 Å². The van der Waals surface area contributed by atoms with Crippen LogP contribution in [-0.2, 0) is 0 Å². The summed E-state index contributed by atoms with van der Waals surface area (Å²) in [6, 6.07) is 1.39. The Balaban J connectivity index is 2.96. The van der Waals surface area contributed by atoms with E-state index in [-0.39, 0.29) is 18.3 Å². The van der Waals surface area contributed by atoms with Gasteiger partial charge in [-0.3, -0.25) is 0 Å². The molecule has 1 rings (SSSR count). The second kappa shape index (κ2) is 5.17. The van der Waals surface area contributed by atoms with Gasteiger partial charge in [0.05, 0.1) is 6.61 Å². The van der Waals surface area contributed by atoms with Crippen molar-refractivity contribution in [2.75, 3.05) is 30.3 Å². The first-order valence-electron chi connectivity index (χ1n) is 4.85. The van der Waals surface area contributed by atoms with Crippen LogP contribution in [0.5, 0.6) is 0 Å². The Morgan fingerprint density at radius 1 is 1.41 bits per heavy atom. The third-order valence-corrected chi connectivity index (χ3v) is 1.92. The van der Waals surface area contributed by atoms with E-state index in [1.54, 1.807) is 6.92 Å². The van der Waals surface area contributed by atoms with Crippen LogP contribution in [0.1, 0.15) is 5.69 Å². The summed E-state index contributed by atoms with van der Waals surface area (Å²) in [5.74, 6) is -0.0357. The SMILES string of the molecule is Cc1cc(N(CCO)CC(F)(F)F)nc(N)n1. The second-order valence-electron chi connectivity index (χ2n) is 3.49. The average molecular weight is 250 g/mol. The summed E-state index contributed by atoms with van der Waals surface area (Å²) in [5.41, 5.74) is 5.83. The molecular formula is C9H13F3N4O. The molecule has 0 amide bonds. The van der Waals surface area contributed by atoms with Gasteiger partial charge in [0.15, 0.2) is 0 Å². The van der Waals surface area contributed by atoms with Crippen LogP contribution in [0.4, 0.5) is 24.9 Å². The van der Waals surface area contributed by atoms with Crippen LogP contribution in [0.3, 0.4) is 0 Å².